The minimum absolute atomic E-state index is 0. The second-order valence-electron chi connectivity index (χ2n) is 10.5. The quantitative estimate of drug-likeness (QED) is 0.151. The molecule has 0 fully saturated rings. The van der Waals surface area contributed by atoms with Crippen LogP contribution < -0.4 is 21.5 Å². The molecule has 0 aliphatic carbocycles. The van der Waals surface area contributed by atoms with E-state index in [9.17, 15) is 39.0 Å². The summed E-state index contributed by atoms with van der Waals surface area (Å²) in [5, 5.41) is 41.5. The Balaban J connectivity index is 0.000000764. The van der Waals surface area contributed by atoms with Gasteiger partial charge in [0.1, 0.15) is 23.0 Å². The monoisotopic (exact) mass is 747 g/mol. The number of ketones is 2. The topological polar surface area (TPSA) is 222 Å². The van der Waals surface area contributed by atoms with E-state index in [2.05, 4.69) is 0 Å². The summed E-state index contributed by atoms with van der Waals surface area (Å²) in [6.07, 6.45) is 6.63. The molecule has 15 heteroatoms. The van der Waals surface area contributed by atoms with Crippen LogP contribution in [0.15, 0.2) is 91.2 Å². The summed E-state index contributed by atoms with van der Waals surface area (Å²) in [5.41, 5.74) is -1.58. The predicted molar refractivity (Wildman–Crippen MR) is 181 cm³/mol. The standard InChI is InChI=1S/2C15H12O5.2C3H7NO.Co/c2*1-9-8-13(18)14(15(19)20-9)12(17)7-4-10-2-5-11(16)6-3-10;2*1-4(2)3-5;/h2*2-8,16,18H,1H3;2*3H,1-2H3;/q;;;;+2/p-2/b2*7-4+;;;. The number of amides is 2. The number of benzene rings is 2. The van der Waals surface area contributed by atoms with Gasteiger partial charge in [0.2, 0.25) is 12.8 Å². The molecule has 0 saturated heterocycles. The van der Waals surface area contributed by atoms with Gasteiger partial charge >= 0.3 is 28.0 Å². The number of phenols is 2. The Morgan fingerprint density at radius 1 is 0.627 bits per heavy atom. The van der Waals surface area contributed by atoms with Gasteiger partial charge in [0.05, 0.1) is 11.1 Å². The first-order chi connectivity index (χ1) is 23.5. The fourth-order valence-corrected chi connectivity index (χ4v) is 3.29. The molecule has 51 heavy (non-hydrogen) atoms. The zero-order valence-electron chi connectivity index (χ0n) is 28.4. The molecule has 2 aromatic carbocycles. The Morgan fingerprint density at radius 3 is 1.14 bits per heavy atom. The van der Waals surface area contributed by atoms with Gasteiger partial charge in [0.25, 0.3) is 0 Å². The Morgan fingerprint density at radius 2 is 0.902 bits per heavy atom. The van der Waals surface area contributed by atoms with E-state index in [1.807, 2.05) is 0 Å². The first-order valence-electron chi connectivity index (χ1n) is 14.4. The molecule has 0 unspecified atom stereocenters. The second kappa shape index (κ2) is 22.4. The van der Waals surface area contributed by atoms with E-state index in [4.69, 9.17) is 19.0 Å². The van der Waals surface area contributed by atoms with Gasteiger partial charge in [0, 0.05) is 28.2 Å². The number of aromatic hydroxyl groups is 2. The Kier molecular flexibility index (Phi) is 19.7. The van der Waals surface area contributed by atoms with Crippen LogP contribution in [0.2, 0.25) is 0 Å². The van der Waals surface area contributed by atoms with Crippen molar-refractivity contribution in [3.05, 3.63) is 127 Å². The summed E-state index contributed by atoms with van der Waals surface area (Å²) in [4.78, 5) is 68.4. The van der Waals surface area contributed by atoms with Gasteiger partial charge in [-0.1, -0.05) is 47.9 Å². The third-order valence-corrected chi connectivity index (χ3v) is 5.63. The minimum Gasteiger partial charge on any atom is -0.872 e. The number of hydrogen-bond donors (Lipinski definition) is 2. The Bertz CT molecular complexity index is 1790. The molecular formula is C36H36CoN2O12. The van der Waals surface area contributed by atoms with Crippen molar-refractivity contribution in [1.82, 2.24) is 9.80 Å². The van der Waals surface area contributed by atoms with Gasteiger partial charge in [-0.25, -0.2) is 9.59 Å². The van der Waals surface area contributed by atoms with E-state index in [1.54, 1.807) is 52.5 Å². The van der Waals surface area contributed by atoms with Gasteiger partial charge in [-0.15, -0.1) is 0 Å². The summed E-state index contributed by atoms with van der Waals surface area (Å²) in [7, 11) is 6.75. The van der Waals surface area contributed by atoms with Crippen molar-refractivity contribution in [3.8, 4) is 23.0 Å². The number of allylic oxidation sites excluding steroid dienone is 2. The molecule has 4 rings (SSSR count). The first kappa shape index (κ1) is 44.8. The van der Waals surface area contributed by atoms with Crippen LogP contribution in [0.1, 0.15) is 43.4 Å². The number of carbonyl (C=O) groups is 4. The maximum absolute atomic E-state index is 11.8. The van der Waals surface area contributed by atoms with Crippen molar-refractivity contribution in [3.63, 3.8) is 0 Å². The summed E-state index contributed by atoms with van der Waals surface area (Å²) < 4.78 is 9.47. The summed E-state index contributed by atoms with van der Waals surface area (Å²) in [5.74, 6) is -2.19. The number of carbonyl (C=O) groups excluding carboxylic acids is 4. The van der Waals surface area contributed by atoms with Gasteiger partial charge in [-0.3, -0.25) is 19.2 Å². The van der Waals surface area contributed by atoms with E-state index in [-0.39, 0.29) is 39.8 Å². The van der Waals surface area contributed by atoms with Crippen molar-refractivity contribution in [2.75, 3.05) is 28.2 Å². The molecule has 14 nitrogen and oxygen atoms in total. The van der Waals surface area contributed by atoms with Crippen molar-refractivity contribution < 1.29 is 65.2 Å². The number of aryl methyl sites for hydroxylation is 2. The Labute approximate surface area is 303 Å². The molecule has 2 N–H and O–H groups in total. The zero-order valence-corrected chi connectivity index (χ0v) is 29.5. The largest absolute Gasteiger partial charge is 2.00 e. The predicted octanol–water partition coefficient (Wildman–Crippen LogP) is 2.65. The molecular weight excluding hydrogens is 711 g/mol. The van der Waals surface area contributed by atoms with Crippen LogP contribution in [-0.4, -0.2) is 72.6 Å². The summed E-state index contributed by atoms with van der Waals surface area (Å²) in [6.45, 7) is 2.92. The van der Waals surface area contributed by atoms with Gasteiger partial charge in [-0.2, -0.15) is 0 Å². The molecule has 2 amide bonds. The molecule has 0 aliphatic heterocycles. The first-order valence-corrected chi connectivity index (χ1v) is 14.4. The number of rotatable bonds is 8. The van der Waals surface area contributed by atoms with Crippen molar-refractivity contribution in [1.29, 1.82) is 0 Å². The van der Waals surface area contributed by atoms with Gasteiger partial charge < -0.3 is 39.1 Å². The van der Waals surface area contributed by atoms with E-state index >= 15 is 0 Å². The Hall–Kier alpha value is -6.19. The van der Waals surface area contributed by atoms with E-state index in [0.29, 0.717) is 11.1 Å². The maximum Gasteiger partial charge on any atom is 2.00 e. The second-order valence-corrected chi connectivity index (χ2v) is 10.5. The average molecular weight is 748 g/mol. The fourth-order valence-electron chi connectivity index (χ4n) is 3.29. The van der Waals surface area contributed by atoms with Gasteiger partial charge in [0.15, 0.2) is 11.6 Å². The number of phenolic OH excluding ortho intramolecular Hbond substituents is 2. The molecule has 0 bridgehead atoms. The zero-order chi connectivity index (χ0) is 38.0. The van der Waals surface area contributed by atoms with Crippen LogP contribution in [0.5, 0.6) is 23.0 Å². The molecule has 0 atom stereocenters. The molecule has 2 aromatic heterocycles. The third-order valence-electron chi connectivity index (χ3n) is 5.63. The molecule has 2 heterocycles. The third kappa shape index (κ3) is 16.7. The van der Waals surface area contributed by atoms with E-state index in [0.717, 1.165) is 37.1 Å². The maximum atomic E-state index is 11.8. The van der Waals surface area contributed by atoms with Crippen LogP contribution >= 0.6 is 0 Å². The van der Waals surface area contributed by atoms with Crippen LogP contribution in [0.3, 0.4) is 0 Å². The molecule has 271 valence electrons. The van der Waals surface area contributed by atoms with Crippen LogP contribution in [-0.2, 0) is 26.4 Å². The smallest absolute Gasteiger partial charge is 0.872 e. The van der Waals surface area contributed by atoms with Gasteiger partial charge in [-0.05, 0) is 73.5 Å². The van der Waals surface area contributed by atoms with Crippen LogP contribution in [0, 0.1) is 13.8 Å². The van der Waals surface area contributed by atoms with Crippen LogP contribution in [0.4, 0.5) is 0 Å². The molecule has 1 radical (unpaired) electrons. The number of hydrogen-bond acceptors (Lipinski definition) is 12. The van der Waals surface area contributed by atoms with Crippen LogP contribution in [0.25, 0.3) is 12.2 Å². The molecule has 0 aliphatic rings. The summed E-state index contributed by atoms with van der Waals surface area (Å²) in [6, 6.07) is 14.4. The normalized spacial score (nSPS) is 9.84. The molecule has 0 saturated carbocycles. The minimum atomic E-state index is -0.935. The molecule has 0 spiro atoms. The van der Waals surface area contributed by atoms with E-state index in [1.165, 1.54) is 60.1 Å². The SMILES string of the molecule is CN(C)C=O.CN(C)C=O.Cc1cc([O-])c(C(=O)/C=C/c2ccc(O)cc2)c(=O)o1.Cc1cc([O-])c(C(=O)/C=C/c2ccc(O)cc2)c(=O)o1.[Co+2]. The van der Waals surface area contributed by atoms with Crippen molar-refractivity contribution in [2.45, 2.75) is 13.8 Å². The number of nitrogens with zero attached hydrogens (tertiary/aromatic N) is 2. The van der Waals surface area contributed by atoms with Crippen molar-refractivity contribution >= 4 is 36.5 Å². The van der Waals surface area contributed by atoms with Crippen molar-refractivity contribution in [2.24, 2.45) is 0 Å². The molecule has 4 aromatic rings. The van der Waals surface area contributed by atoms with E-state index < -0.39 is 45.4 Å². The average Bonchev–Trinajstić information content (AvgIpc) is 3.04. The fraction of sp³-hybridized carbons (Fsp3) is 0.167. The summed E-state index contributed by atoms with van der Waals surface area (Å²) >= 11 is 0.